The van der Waals surface area contributed by atoms with Crippen molar-refractivity contribution >= 4 is 23.2 Å². The van der Waals surface area contributed by atoms with Crippen LogP contribution >= 0.6 is 11.3 Å². The van der Waals surface area contributed by atoms with Crippen molar-refractivity contribution in [1.29, 1.82) is 5.41 Å². The van der Waals surface area contributed by atoms with E-state index in [2.05, 4.69) is 52.1 Å². The third kappa shape index (κ3) is 2.87. The van der Waals surface area contributed by atoms with Crippen molar-refractivity contribution in [2.75, 3.05) is 6.54 Å². The summed E-state index contributed by atoms with van der Waals surface area (Å²) in [6.45, 7) is 11.4. The van der Waals surface area contributed by atoms with Crippen molar-refractivity contribution in [3.8, 4) is 0 Å². The molecule has 1 saturated heterocycles. The quantitative estimate of drug-likeness (QED) is 0.876. The van der Waals surface area contributed by atoms with E-state index in [0.29, 0.717) is 12.5 Å². The van der Waals surface area contributed by atoms with Gasteiger partial charge in [0, 0.05) is 16.3 Å². The average molecular weight is 293 g/mol. The van der Waals surface area contributed by atoms with E-state index in [9.17, 15) is 4.79 Å². The molecular weight excluding hydrogens is 270 g/mol. The molecule has 2 N–H and O–H groups in total. The summed E-state index contributed by atoms with van der Waals surface area (Å²) in [5.74, 6) is 0.675. The third-order valence-corrected chi connectivity index (χ3v) is 4.85. The number of amides is 2. The lowest BCUT2D eigenvalue weighted by Gasteiger charge is -2.23. The molecular formula is C15H23N3OS. The second kappa shape index (κ2) is 5.20. The molecule has 0 aliphatic carbocycles. The molecule has 110 valence electrons. The maximum Gasteiger partial charge on any atom is 0.323 e. The number of thiophene rings is 1. The molecule has 2 amide bonds. The molecule has 1 aliphatic heterocycles. The predicted molar refractivity (Wildman–Crippen MR) is 83.6 cm³/mol. The highest BCUT2D eigenvalue weighted by atomic mass is 32.1. The first kappa shape index (κ1) is 15.0. The molecule has 0 bridgehead atoms. The molecule has 4 nitrogen and oxygen atoms in total. The van der Waals surface area contributed by atoms with Crippen LogP contribution in [0.5, 0.6) is 0 Å². The van der Waals surface area contributed by atoms with Crippen LogP contribution in [0.3, 0.4) is 0 Å². The first-order valence-corrected chi connectivity index (χ1v) is 7.78. The van der Waals surface area contributed by atoms with Crippen molar-refractivity contribution < 1.29 is 4.79 Å². The van der Waals surface area contributed by atoms with E-state index < -0.39 is 0 Å². The van der Waals surface area contributed by atoms with Gasteiger partial charge < -0.3 is 4.90 Å². The Balaban J connectivity index is 2.31. The highest BCUT2D eigenvalue weighted by Crippen LogP contribution is 2.36. The van der Waals surface area contributed by atoms with Gasteiger partial charge >= 0.3 is 6.03 Å². The SMILES string of the molecule is CC(C)CN1C(=O)NC(=N)C1c1ccc(C(C)(C)C)s1. The zero-order chi connectivity index (χ0) is 15.1. The van der Waals surface area contributed by atoms with E-state index in [1.807, 2.05) is 0 Å². The largest absolute Gasteiger partial charge is 0.323 e. The van der Waals surface area contributed by atoms with E-state index in [4.69, 9.17) is 5.41 Å². The van der Waals surface area contributed by atoms with Crippen LogP contribution in [0, 0.1) is 11.3 Å². The smallest absolute Gasteiger partial charge is 0.309 e. The number of hydrogen-bond acceptors (Lipinski definition) is 3. The summed E-state index contributed by atoms with van der Waals surface area (Å²) in [4.78, 5) is 16.1. The van der Waals surface area contributed by atoms with E-state index >= 15 is 0 Å². The molecule has 1 fully saturated rings. The summed E-state index contributed by atoms with van der Waals surface area (Å²) < 4.78 is 0. The van der Waals surface area contributed by atoms with Gasteiger partial charge in [0.2, 0.25) is 0 Å². The fraction of sp³-hybridized carbons (Fsp3) is 0.600. The van der Waals surface area contributed by atoms with Gasteiger partial charge in [-0.1, -0.05) is 34.6 Å². The number of nitrogens with zero attached hydrogens (tertiary/aromatic N) is 1. The maximum absolute atomic E-state index is 12.0. The van der Waals surface area contributed by atoms with Gasteiger partial charge in [-0.25, -0.2) is 4.79 Å². The number of carbonyl (C=O) groups excluding carboxylic acids is 1. The highest BCUT2D eigenvalue weighted by Gasteiger charge is 2.38. The number of carbonyl (C=O) groups is 1. The fourth-order valence-corrected chi connectivity index (χ4v) is 3.50. The molecule has 1 aliphatic rings. The third-order valence-electron chi connectivity index (χ3n) is 3.28. The van der Waals surface area contributed by atoms with Crippen LogP contribution in [-0.4, -0.2) is 23.3 Å². The Morgan fingerprint density at radius 2 is 2.05 bits per heavy atom. The van der Waals surface area contributed by atoms with Crippen molar-refractivity contribution in [3.63, 3.8) is 0 Å². The van der Waals surface area contributed by atoms with E-state index in [0.717, 1.165) is 4.88 Å². The first-order chi connectivity index (χ1) is 9.20. The Kier molecular flexibility index (Phi) is 3.91. The highest BCUT2D eigenvalue weighted by molar-refractivity contribution is 7.12. The van der Waals surface area contributed by atoms with Gasteiger partial charge in [-0.15, -0.1) is 11.3 Å². The van der Waals surface area contributed by atoms with E-state index in [-0.39, 0.29) is 23.3 Å². The van der Waals surface area contributed by atoms with Crippen molar-refractivity contribution in [2.45, 2.75) is 46.1 Å². The number of amidine groups is 1. The lowest BCUT2D eigenvalue weighted by atomic mass is 9.95. The van der Waals surface area contributed by atoms with Gasteiger partial charge in [0.05, 0.1) is 0 Å². The topological polar surface area (TPSA) is 56.2 Å². The molecule has 0 spiro atoms. The Hall–Kier alpha value is -1.36. The van der Waals surface area contributed by atoms with E-state index in [1.165, 1.54) is 4.88 Å². The lowest BCUT2D eigenvalue weighted by Crippen LogP contribution is -2.32. The van der Waals surface area contributed by atoms with Crippen LogP contribution < -0.4 is 5.32 Å². The number of urea groups is 1. The van der Waals surface area contributed by atoms with E-state index in [1.54, 1.807) is 16.2 Å². The van der Waals surface area contributed by atoms with Crippen LogP contribution in [0.4, 0.5) is 4.79 Å². The summed E-state index contributed by atoms with van der Waals surface area (Å²) >= 11 is 1.70. The zero-order valence-corrected chi connectivity index (χ0v) is 13.6. The molecule has 1 unspecified atom stereocenters. The summed E-state index contributed by atoms with van der Waals surface area (Å²) in [7, 11) is 0. The summed E-state index contributed by atoms with van der Waals surface area (Å²) in [5, 5.41) is 10.7. The van der Waals surface area contributed by atoms with Gasteiger partial charge in [0.15, 0.2) is 0 Å². The number of nitrogens with one attached hydrogen (secondary N) is 2. The molecule has 2 rings (SSSR count). The standard InChI is InChI=1S/C15H23N3OS/c1-9(2)8-18-12(13(16)17-14(18)19)10-6-7-11(20-10)15(3,4)5/h6-7,9,12H,8H2,1-5H3,(H2,16,17,19). The van der Waals surface area contributed by atoms with Crippen molar-refractivity contribution in [3.05, 3.63) is 21.9 Å². The van der Waals surface area contributed by atoms with Crippen molar-refractivity contribution in [2.24, 2.45) is 5.92 Å². The summed E-state index contributed by atoms with van der Waals surface area (Å²) in [6.07, 6.45) is 0. The number of hydrogen-bond donors (Lipinski definition) is 2. The Morgan fingerprint density at radius 1 is 1.40 bits per heavy atom. The maximum atomic E-state index is 12.0. The average Bonchev–Trinajstić information content (AvgIpc) is 2.84. The minimum absolute atomic E-state index is 0.101. The first-order valence-electron chi connectivity index (χ1n) is 6.96. The van der Waals surface area contributed by atoms with Crippen LogP contribution in [0.25, 0.3) is 0 Å². The Labute approximate surface area is 124 Å². The second-order valence-electron chi connectivity index (χ2n) is 6.74. The van der Waals surface area contributed by atoms with Gasteiger partial charge in [-0.05, 0) is 23.5 Å². The molecule has 20 heavy (non-hydrogen) atoms. The molecule has 2 heterocycles. The Bertz CT molecular complexity index is 527. The normalized spacial score (nSPS) is 19.9. The van der Waals surface area contributed by atoms with Gasteiger partial charge in [0.25, 0.3) is 0 Å². The predicted octanol–water partition coefficient (Wildman–Crippen LogP) is 3.75. The van der Waals surface area contributed by atoms with Gasteiger partial charge in [-0.3, -0.25) is 10.7 Å². The fourth-order valence-electron chi connectivity index (χ4n) is 2.31. The lowest BCUT2D eigenvalue weighted by molar-refractivity contribution is 0.199. The number of rotatable bonds is 3. The van der Waals surface area contributed by atoms with Crippen LogP contribution in [0.15, 0.2) is 12.1 Å². The van der Waals surface area contributed by atoms with Crippen LogP contribution in [0.1, 0.15) is 50.4 Å². The zero-order valence-electron chi connectivity index (χ0n) is 12.8. The molecule has 5 heteroatoms. The van der Waals surface area contributed by atoms with Crippen molar-refractivity contribution in [1.82, 2.24) is 10.2 Å². The minimum Gasteiger partial charge on any atom is -0.309 e. The minimum atomic E-state index is -0.244. The molecule has 0 saturated carbocycles. The summed E-state index contributed by atoms with van der Waals surface area (Å²) in [6, 6.07) is 3.77. The summed E-state index contributed by atoms with van der Waals surface area (Å²) in [5.41, 5.74) is 0.101. The monoisotopic (exact) mass is 293 g/mol. The molecule has 0 radical (unpaired) electrons. The van der Waals surface area contributed by atoms with Gasteiger partial charge in [0.1, 0.15) is 11.9 Å². The molecule has 1 aromatic rings. The molecule has 0 aromatic carbocycles. The molecule has 1 aromatic heterocycles. The second-order valence-corrected chi connectivity index (χ2v) is 7.86. The van der Waals surface area contributed by atoms with Crippen LogP contribution in [0.2, 0.25) is 0 Å². The Morgan fingerprint density at radius 3 is 2.55 bits per heavy atom. The molecule has 1 atom stereocenters. The van der Waals surface area contributed by atoms with Crippen LogP contribution in [-0.2, 0) is 5.41 Å². The van der Waals surface area contributed by atoms with Gasteiger partial charge in [-0.2, -0.15) is 0 Å².